The molecule has 2 aromatic carbocycles. The van der Waals surface area contributed by atoms with E-state index in [-0.39, 0.29) is 29.5 Å². The lowest BCUT2D eigenvalue weighted by Gasteiger charge is -2.37. The standard InChI is InChI=1S/C25H34N4O3.C23H30N4O2S/c1-3-22(20-9-6-5-7-10-20)25(31)29-16-14-28(15-17-29)23-12-11-21(19-27-23)24(30)26-13-8-18-32-4-2;1-3-30-15-10-24-23(29)20-8-9-21(25-17-20)26-11-13-27(14-12-26)22(28)16-19-7-5-4-6-18(19)2/h5-7,9-12,19,22H,3-4,8,13-18H2,1-2H3,(H,26,30);4-9,17H,3,10-16H2,1-2H3,(H,24,29). The first-order chi connectivity index (χ1) is 30.2. The van der Waals surface area contributed by atoms with Crippen molar-refractivity contribution in [1.82, 2.24) is 30.4 Å². The van der Waals surface area contributed by atoms with Gasteiger partial charge in [0.2, 0.25) is 11.8 Å². The summed E-state index contributed by atoms with van der Waals surface area (Å²) >= 11 is 1.80. The summed E-state index contributed by atoms with van der Waals surface area (Å²) in [6.45, 7) is 16.4. The highest BCUT2D eigenvalue weighted by atomic mass is 32.2. The highest BCUT2D eigenvalue weighted by Gasteiger charge is 2.28. The second-order valence-electron chi connectivity index (χ2n) is 15.2. The van der Waals surface area contributed by atoms with Crippen molar-refractivity contribution < 1.29 is 23.9 Å². The maximum absolute atomic E-state index is 13.1. The number of aromatic nitrogens is 2. The Morgan fingerprint density at radius 2 is 1.26 bits per heavy atom. The molecule has 332 valence electrons. The summed E-state index contributed by atoms with van der Waals surface area (Å²) in [5.74, 6) is 3.72. The molecule has 6 rings (SSSR count). The van der Waals surface area contributed by atoms with E-state index in [4.69, 9.17) is 4.74 Å². The zero-order valence-electron chi connectivity index (χ0n) is 36.9. The number of anilines is 2. The molecule has 4 aromatic rings. The number of hydrogen-bond donors (Lipinski definition) is 2. The minimum Gasteiger partial charge on any atom is -0.382 e. The van der Waals surface area contributed by atoms with Gasteiger partial charge in [-0.1, -0.05) is 68.4 Å². The Balaban J connectivity index is 0.000000235. The van der Waals surface area contributed by atoms with Crippen molar-refractivity contribution >= 4 is 47.0 Å². The number of thioether (sulfide) groups is 1. The van der Waals surface area contributed by atoms with Crippen LogP contribution in [-0.2, 0) is 20.7 Å². The Kier molecular flexibility index (Phi) is 19.5. The molecule has 1 atom stereocenters. The van der Waals surface area contributed by atoms with Gasteiger partial charge in [0.05, 0.1) is 23.5 Å². The molecule has 14 heteroatoms. The molecule has 2 aliphatic rings. The third kappa shape index (κ3) is 14.3. The molecule has 4 amide bonds. The Hall–Kier alpha value is -5.47. The normalized spacial score (nSPS) is 14.4. The summed E-state index contributed by atoms with van der Waals surface area (Å²) in [5.41, 5.74) is 4.45. The van der Waals surface area contributed by atoms with Crippen LogP contribution in [0.2, 0.25) is 0 Å². The molecule has 0 bridgehead atoms. The number of hydrogen-bond acceptors (Lipinski definition) is 10. The fraction of sp³-hybridized carbons (Fsp3) is 0.458. The molecule has 62 heavy (non-hydrogen) atoms. The average molecular weight is 865 g/mol. The van der Waals surface area contributed by atoms with E-state index in [1.165, 1.54) is 0 Å². The largest absolute Gasteiger partial charge is 0.382 e. The number of rotatable bonds is 18. The average Bonchev–Trinajstić information content (AvgIpc) is 3.32. The zero-order chi connectivity index (χ0) is 44.1. The molecule has 2 N–H and O–H groups in total. The van der Waals surface area contributed by atoms with E-state index in [1.54, 1.807) is 30.2 Å². The van der Waals surface area contributed by atoms with Crippen LogP contribution in [-0.4, -0.2) is 134 Å². The molecule has 13 nitrogen and oxygen atoms in total. The first kappa shape index (κ1) is 47.6. The number of amides is 4. The van der Waals surface area contributed by atoms with Crippen molar-refractivity contribution in [3.8, 4) is 0 Å². The lowest BCUT2D eigenvalue weighted by Crippen LogP contribution is -2.50. The number of aryl methyl sites for hydroxylation is 1. The van der Waals surface area contributed by atoms with Crippen LogP contribution in [0.1, 0.15) is 76.9 Å². The van der Waals surface area contributed by atoms with Crippen LogP contribution in [0.25, 0.3) is 0 Å². The fourth-order valence-electron chi connectivity index (χ4n) is 7.40. The number of carbonyl (C=O) groups is 4. The van der Waals surface area contributed by atoms with E-state index in [9.17, 15) is 19.2 Å². The van der Waals surface area contributed by atoms with Gasteiger partial charge in [0, 0.05) is 96.8 Å². The van der Waals surface area contributed by atoms with Crippen LogP contribution in [0.4, 0.5) is 11.6 Å². The third-order valence-corrected chi connectivity index (χ3v) is 12.0. The highest BCUT2D eigenvalue weighted by molar-refractivity contribution is 7.99. The first-order valence-electron chi connectivity index (χ1n) is 22.0. The van der Waals surface area contributed by atoms with Crippen LogP contribution in [0.15, 0.2) is 91.3 Å². The van der Waals surface area contributed by atoms with Crippen molar-refractivity contribution in [3.05, 3.63) is 119 Å². The number of nitrogens with one attached hydrogen (secondary N) is 2. The van der Waals surface area contributed by atoms with Gasteiger partial charge in [-0.3, -0.25) is 19.2 Å². The predicted octanol–water partition coefficient (Wildman–Crippen LogP) is 5.84. The third-order valence-electron chi connectivity index (χ3n) is 11.1. The van der Waals surface area contributed by atoms with Gasteiger partial charge in [-0.25, -0.2) is 9.97 Å². The van der Waals surface area contributed by atoms with E-state index in [2.05, 4.69) is 44.2 Å². The van der Waals surface area contributed by atoms with Gasteiger partial charge < -0.3 is 35.0 Å². The second-order valence-corrected chi connectivity index (χ2v) is 16.6. The molecule has 0 aliphatic carbocycles. The summed E-state index contributed by atoms with van der Waals surface area (Å²) in [6, 6.07) is 25.4. The van der Waals surface area contributed by atoms with Gasteiger partial charge in [0.25, 0.3) is 11.8 Å². The predicted molar refractivity (Wildman–Crippen MR) is 249 cm³/mol. The number of benzene rings is 2. The molecule has 2 saturated heterocycles. The van der Waals surface area contributed by atoms with Gasteiger partial charge in [-0.15, -0.1) is 0 Å². The monoisotopic (exact) mass is 864 g/mol. The lowest BCUT2D eigenvalue weighted by molar-refractivity contribution is -0.133. The topological polar surface area (TPSA) is 140 Å². The van der Waals surface area contributed by atoms with E-state index >= 15 is 0 Å². The van der Waals surface area contributed by atoms with Crippen molar-refractivity contribution in [3.63, 3.8) is 0 Å². The molecule has 2 aliphatic heterocycles. The fourth-order valence-corrected chi connectivity index (χ4v) is 7.94. The van der Waals surface area contributed by atoms with E-state index < -0.39 is 0 Å². The summed E-state index contributed by atoms with van der Waals surface area (Å²) in [6.07, 6.45) is 5.28. The van der Waals surface area contributed by atoms with Crippen LogP contribution in [0, 0.1) is 6.92 Å². The quantitative estimate of drug-likeness (QED) is 0.117. The number of ether oxygens (including phenoxy) is 1. The summed E-state index contributed by atoms with van der Waals surface area (Å²) in [7, 11) is 0. The Bertz CT molecular complexity index is 1990. The number of nitrogens with zero attached hydrogens (tertiary/aromatic N) is 6. The smallest absolute Gasteiger partial charge is 0.252 e. The lowest BCUT2D eigenvalue weighted by atomic mass is 9.95. The molecule has 0 spiro atoms. The maximum atomic E-state index is 13.1. The number of carbonyl (C=O) groups excluding carboxylic acids is 4. The van der Waals surface area contributed by atoms with Crippen LogP contribution >= 0.6 is 11.8 Å². The molecule has 4 heterocycles. The zero-order valence-corrected chi connectivity index (χ0v) is 37.7. The van der Waals surface area contributed by atoms with Gasteiger partial charge in [-0.05, 0) is 73.4 Å². The van der Waals surface area contributed by atoms with E-state index in [1.807, 2.05) is 96.4 Å². The number of pyridine rings is 2. The van der Waals surface area contributed by atoms with Crippen LogP contribution < -0.4 is 20.4 Å². The minimum absolute atomic E-state index is 0.0858. The van der Waals surface area contributed by atoms with E-state index in [0.717, 1.165) is 78.9 Å². The molecular weight excluding hydrogens is 801 g/mol. The molecule has 2 fully saturated rings. The van der Waals surface area contributed by atoms with Gasteiger partial charge in [0.15, 0.2) is 0 Å². The minimum atomic E-state index is -0.123. The summed E-state index contributed by atoms with van der Waals surface area (Å²) in [5, 5.41) is 5.81. The van der Waals surface area contributed by atoms with Crippen molar-refractivity contribution in [2.75, 3.05) is 100.0 Å². The Labute approximate surface area is 372 Å². The second kappa shape index (κ2) is 25.5. The highest BCUT2D eigenvalue weighted by Crippen LogP contribution is 2.24. The summed E-state index contributed by atoms with van der Waals surface area (Å²) in [4.78, 5) is 67.3. The SMILES string of the molecule is CCOCCCNC(=O)c1ccc(N2CCN(C(=O)C(CC)c3ccccc3)CC2)nc1.CCSCCNC(=O)c1ccc(N2CCN(C(=O)Cc3ccccc3C)CC2)nc1. The van der Waals surface area contributed by atoms with Gasteiger partial charge >= 0.3 is 0 Å². The van der Waals surface area contributed by atoms with Crippen molar-refractivity contribution in [2.24, 2.45) is 0 Å². The van der Waals surface area contributed by atoms with Crippen molar-refractivity contribution in [1.29, 1.82) is 0 Å². The van der Waals surface area contributed by atoms with Crippen LogP contribution in [0.3, 0.4) is 0 Å². The molecule has 1 unspecified atom stereocenters. The van der Waals surface area contributed by atoms with Crippen LogP contribution in [0.5, 0.6) is 0 Å². The van der Waals surface area contributed by atoms with Crippen molar-refractivity contribution in [2.45, 2.75) is 52.9 Å². The molecule has 2 aromatic heterocycles. The summed E-state index contributed by atoms with van der Waals surface area (Å²) < 4.78 is 5.27. The molecule has 0 radical (unpaired) electrons. The maximum Gasteiger partial charge on any atom is 0.252 e. The Morgan fingerprint density at radius 1 is 0.694 bits per heavy atom. The molecule has 0 saturated carbocycles. The molecular formula is C48H64N8O5S. The number of piperazine rings is 2. The Morgan fingerprint density at radius 3 is 1.79 bits per heavy atom. The van der Waals surface area contributed by atoms with Gasteiger partial charge in [-0.2, -0.15) is 11.8 Å². The van der Waals surface area contributed by atoms with E-state index in [0.29, 0.717) is 70.0 Å². The van der Waals surface area contributed by atoms with Gasteiger partial charge in [0.1, 0.15) is 11.6 Å². The first-order valence-corrected chi connectivity index (χ1v) is 23.2.